The summed E-state index contributed by atoms with van der Waals surface area (Å²) in [5.74, 6) is -2.83. The molecule has 0 spiro atoms. The van der Waals surface area contributed by atoms with Crippen LogP contribution in [0.15, 0.2) is 0 Å². The van der Waals surface area contributed by atoms with Gasteiger partial charge in [0.15, 0.2) is 5.01 Å². The van der Waals surface area contributed by atoms with Crippen LogP contribution in [0.4, 0.5) is 13.2 Å². The van der Waals surface area contributed by atoms with Gasteiger partial charge in [0.1, 0.15) is 0 Å². The molecule has 0 fully saturated rings. The predicted molar refractivity (Wildman–Crippen MR) is 69.5 cm³/mol. The first-order valence-electron chi connectivity index (χ1n) is 5.97. The fourth-order valence-electron chi connectivity index (χ4n) is 1.51. The van der Waals surface area contributed by atoms with Crippen LogP contribution >= 0.6 is 11.3 Å². The number of hydrogen-bond donors (Lipinski definition) is 3. The van der Waals surface area contributed by atoms with Gasteiger partial charge in [-0.15, -0.1) is 11.3 Å². The molecule has 1 aromatic rings. The van der Waals surface area contributed by atoms with Gasteiger partial charge in [-0.3, -0.25) is 4.79 Å². The molecule has 1 amide bonds. The fraction of sp³-hybridized carbons (Fsp3) is 0.545. The van der Waals surface area contributed by atoms with Crippen LogP contribution in [0, 0.1) is 0 Å². The minimum Gasteiger partial charge on any atom is -0.475 e. The Morgan fingerprint density at radius 1 is 1.33 bits per heavy atom. The van der Waals surface area contributed by atoms with Crippen molar-refractivity contribution < 1.29 is 27.9 Å². The maximum absolute atomic E-state index is 11.3. The molecule has 3 N–H and O–H groups in total. The van der Waals surface area contributed by atoms with Gasteiger partial charge in [0, 0.05) is 31.4 Å². The van der Waals surface area contributed by atoms with Gasteiger partial charge < -0.3 is 15.7 Å². The lowest BCUT2D eigenvalue weighted by Crippen LogP contribution is -2.21. The van der Waals surface area contributed by atoms with E-state index in [2.05, 4.69) is 15.6 Å². The van der Waals surface area contributed by atoms with Gasteiger partial charge >= 0.3 is 12.1 Å². The summed E-state index contributed by atoms with van der Waals surface area (Å²) in [5.41, 5.74) is 1.10. The molecule has 2 heterocycles. The van der Waals surface area contributed by atoms with E-state index in [1.54, 1.807) is 7.05 Å². The summed E-state index contributed by atoms with van der Waals surface area (Å²) in [4.78, 5) is 25.8. The van der Waals surface area contributed by atoms with Crippen LogP contribution in [0.2, 0.25) is 0 Å². The maximum atomic E-state index is 11.3. The second kappa shape index (κ2) is 7.36. The SMILES string of the molecule is CNC(=O)c1nc2c(s1)CCNCC2.O=C(O)C(F)(F)F. The normalized spacial score (nSPS) is 14.3. The summed E-state index contributed by atoms with van der Waals surface area (Å²) in [6.45, 7) is 1.95. The van der Waals surface area contributed by atoms with E-state index < -0.39 is 12.1 Å². The number of rotatable bonds is 1. The summed E-state index contributed by atoms with van der Waals surface area (Å²) >= 11 is 1.52. The first kappa shape index (κ1) is 17.4. The third-order valence-corrected chi connectivity index (χ3v) is 3.67. The van der Waals surface area contributed by atoms with E-state index in [0.29, 0.717) is 5.01 Å². The number of amides is 1. The molecule has 1 aliphatic heterocycles. The van der Waals surface area contributed by atoms with E-state index >= 15 is 0 Å². The van der Waals surface area contributed by atoms with Crippen molar-refractivity contribution in [2.24, 2.45) is 0 Å². The lowest BCUT2D eigenvalue weighted by Gasteiger charge is -1.95. The molecule has 1 aromatic heterocycles. The zero-order valence-corrected chi connectivity index (χ0v) is 11.9. The number of aromatic nitrogens is 1. The molecule has 6 nitrogen and oxygen atoms in total. The van der Waals surface area contributed by atoms with E-state index in [1.165, 1.54) is 16.2 Å². The Bertz CT molecular complexity index is 493. The fourth-order valence-corrected chi connectivity index (χ4v) is 2.57. The highest BCUT2D eigenvalue weighted by Gasteiger charge is 2.38. The van der Waals surface area contributed by atoms with Crippen LogP contribution in [0.5, 0.6) is 0 Å². The highest BCUT2D eigenvalue weighted by Crippen LogP contribution is 2.20. The van der Waals surface area contributed by atoms with Crippen LogP contribution in [0.25, 0.3) is 0 Å². The molecule has 118 valence electrons. The van der Waals surface area contributed by atoms with E-state index in [4.69, 9.17) is 9.90 Å². The van der Waals surface area contributed by atoms with Crippen molar-refractivity contribution in [3.05, 3.63) is 15.6 Å². The summed E-state index contributed by atoms with van der Waals surface area (Å²) in [7, 11) is 1.64. The van der Waals surface area contributed by atoms with Crippen LogP contribution in [0.3, 0.4) is 0 Å². The highest BCUT2D eigenvalue weighted by molar-refractivity contribution is 7.13. The summed E-state index contributed by atoms with van der Waals surface area (Å²) in [5, 5.41) is 13.6. The van der Waals surface area contributed by atoms with Gasteiger partial charge in [0.2, 0.25) is 0 Å². The summed E-state index contributed by atoms with van der Waals surface area (Å²) in [6, 6.07) is 0. The largest absolute Gasteiger partial charge is 0.490 e. The Kier molecular flexibility index (Phi) is 6.09. The van der Waals surface area contributed by atoms with Crippen molar-refractivity contribution >= 4 is 23.2 Å². The molecule has 0 unspecified atom stereocenters. The van der Waals surface area contributed by atoms with Crippen molar-refractivity contribution in [3.8, 4) is 0 Å². The zero-order valence-electron chi connectivity index (χ0n) is 11.1. The number of nitrogens with zero attached hydrogens (tertiary/aromatic N) is 1. The van der Waals surface area contributed by atoms with E-state index in [-0.39, 0.29) is 5.91 Å². The Hall–Kier alpha value is -1.68. The number of alkyl halides is 3. The second-order valence-electron chi connectivity index (χ2n) is 4.02. The molecule has 0 radical (unpaired) electrons. The average molecular weight is 325 g/mol. The van der Waals surface area contributed by atoms with Gasteiger partial charge in [-0.1, -0.05) is 0 Å². The molecule has 0 bridgehead atoms. The number of carboxylic acid groups (broad SMARTS) is 1. The van der Waals surface area contributed by atoms with Crippen LogP contribution in [-0.4, -0.2) is 48.3 Å². The number of carboxylic acids is 1. The topological polar surface area (TPSA) is 91.3 Å². The number of carbonyl (C=O) groups is 2. The molecule has 0 saturated heterocycles. The Labute approximate surface area is 122 Å². The van der Waals surface area contributed by atoms with Crippen molar-refractivity contribution in [2.45, 2.75) is 19.0 Å². The molecule has 0 aromatic carbocycles. The number of thiazole rings is 1. The van der Waals surface area contributed by atoms with Crippen molar-refractivity contribution in [1.29, 1.82) is 0 Å². The number of halogens is 3. The lowest BCUT2D eigenvalue weighted by atomic mass is 10.2. The van der Waals surface area contributed by atoms with Gasteiger partial charge in [0.25, 0.3) is 5.91 Å². The Balaban J connectivity index is 0.000000270. The van der Waals surface area contributed by atoms with E-state index in [9.17, 15) is 18.0 Å². The Morgan fingerprint density at radius 2 is 1.90 bits per heavy atom. The van der Waals surface area contributed by atoms with Gasteiger partial charge in [-0.25, -0.2) is 9.78 Å². The van der Waals surface area contributed by atoms with E-state index in [0.717, 1.165) is 31.6 Å². The van der Waals surface area contributed by atoms with Crippen LogP contribution < -0.4 is 10.6 Å². The second-order valence-corrected chi connectivity index (χ2v) is 5.10. The molecule has 0 saturated carbocycles. The molecular formula is C11H14F3N3O3S. The van der Waals surface area contributed by atoms with Crippen molar-refractivity contribution in [1.82, 2.24) is 15.6 Å². The standard InChI is InChI=1S/C9H13N3OS.C2HF3O2/c1-10-8(13)9-12-6-2-4-11-5-3-7(6)14-9;3-2(4,5)1(6)7/h11H,2-5H2,1H3,(H,10,13);(H,6,7). The number of nitrogens with one attached hydrogen (secondary N) is 2. The summed E-state index contributed by atoms with van der Waals surface area (Å²) in [6.07, 6.45) is -3.16. The van der Waals surface area contributed by atoms with Gasteiger partial charge in [-0.05, 0) is 6.42 Å². The third kappa shape index (κ3) is 5.31. The van der Waals surface area contributed by atoms with Crippen molar-refractivity contribution in [2.75, 3.05) is 20.1 Å². The number of carbonyl (C=O) groups excluding carboxylic acids is 1. The predicted octanol–water partition coefficient (Wildman–Crippen LogP) is 0.824. The smallest absolute Gasteiger partial charge is 0.475 e. The van der Waals surface area contributed by atoms with Crippen LogP contribution in [0.1, 0.15) is 20.4 Å². The number of hydrogen-bond acceptors (Lipinski definition) is 5. The number of fused-ring (bicyclic) bond motifs is 1. The quantitative estimate of drug-likeness (QED) is 0.711. The summed E-state index contributed by atoms with van der Waals surface area (Å²) < 4.78 is 31.7. The van der Waals surface area contributed by atoms with Crippen molar-refractivity contribution in [3.63, 3.8) is 0 Å². The first-order valence-corrected chi connectivity index (χ1v) is 6.78. The minimum absolute atomic E-state index is 0.0731. The Morgan fingerprint density at radius 3 is 2.43 bits per heavy atom. The molecule has 1 aliphatic rings. The lowest BCUT2D eigenvalue weighted by molar-refractivity contribution is -0.192. The minimum atomic E-state index is -5.08. The highest BCUT2D eigenvalue weighted by atomic mass is 32.1. The molecule has 10 heteroatoms. The van der Waals surface area contributed by atoms with Crippen LogP contribution in [-0.2, 0) is 17.6 Å². The molecule has 2 rings (SSSR count). The molecule has 0 atom stereocenters. The molecular weight excluding hydrogens is 311 g/mol. The van der Waals surface area contributed by atoms with Gasteiger partial charge in [-0.2, -0.15) is 13.2 Å². The average Bonchev–Trinajstić information content (AvgIpc) is 2.69. The number of aliphatic carboxylic acids is 1. The van der Waals surface area contributed by atoms with E-state index in [1.807, 2.05) is 0 Å². The zero-order chi connectivity index (χ0) is 16.0. The third-order valence-electron chi connectivity index (χ3n) is 2.51. The maximum Gasteiger partial charge on any atom is 0.490 e. The first-order chi connectivity index (χ1) is 9.75. The monoisotopic (exact) mass is 325 g/mol. The molecule has 21 heavy (non-hydrogen) atoms. The van der Waals surface area contributed by atoms with Gasteiger partial charge in [0.05, 0.1) is 5.69 Å². The molecule has 0 aliphatic carbocycles.